The number of rotatable bonds is 3. The first-order chi connectivity index (χ1) is 9.75. The van der Waals surface area contributed by atoms with Gasteiger partial charge in [0.25, 0.3) is 0 Å². The maximum absolute atomic E-state index is 13.2. The highest BCUT2D eigenvalue weighted by molar-refractivity contribution is 7.89. The van der Waals surface area contributed by atoms with Gasteiger partial charge >= 0.3 is 0 Å². The molecular formula is C13H16F3NO3S. The molecule has 1 aliphatic heterocycles. The lowest BCUT2D eigenvalue weighted by Gasteiger charge is -2.36. The molecule has 2 rings (SSSR count). The second kappa shape index (κ2) is 5.94. The van der Waals surface area contributed by atoms with Crippen LogP contribution in [-0.4, -0.2) is 36.5 Å². The average Bonchev–Trinajstić information content (AvgIpc) is 2.44. The van der Waals surface area contributed by atoms with Gasteiger partial charge in [-0.2, -0.15) is 4.31 Å². The maximum Gasteiger partial charge on any atom is 0.243 e. The van der Waals surface area contributed by atoms with Crippen LogP contribution >= 0.6 is 0 Å². The van der Waals surface area contributed by atoms with Crippen LogP contribution in [0.25, 0.3) is 0 Å². The quantitative estimate of drug-likeness (QED) is 0.866. The van der Waals surface area contributed by atoms with Gasteiger partial charge in [0.2, 0.25) is 10.0 Å². The number of aliphatic hydroxyl groups is 1. The van der Waals surface area contributed by atoms with E-state index >= 15 is 0 Å². The molecule has 1 saturated heterocycles. The zero-order valence-electron chi connectivity index (χ0n) is 11.4. The largest absolute Gasteiger partial charge is 0.392 e. The van der Waals surface area contributed by atoms with Crippen molar-refractivity contribution in [3.05, 3.63) is 29.6 Å². The number of nitrogens with zero attached hydrogens (tertiary/aromatic N) is 1. The molecule has 0 aromatic heterocycles. The summed E-state index contributed by atoms with van der Waals surface area (Å²) >= 11 is 0. The van der Waals surface area contributed by atoms with Crippen molar-refractivity contribution in [1.82, 2.24) is 4.31 Å². The van der Waals surface area contributed by atoms with Crippen LogP contribution in [0.3, 0.4) is 0 Å². The van der Waals surface area contributed by atoms with Gasteiger partial charge in [-0.05, 0) is 31.9 Å². The molecule has 1 aromatic rings. The fourth-order valence-electron chi connectivity index (χ4n) is 2.53. The maximum atomic E-state index is 13.2. The monoisotopic (exact) mass is 323 g/mol. The minimum absolute atomic E-state index is 0.151. The summed E-state index contributed by atoms with van der Waals surface area (Å²) < 4.78 is 65.4. The van der Waals surface area contributed by atoms with E-state index in [4.69, 9.17) is 0 Å². The molecule has 0 saturated carbocycles. The van der Waals surface area contributed by atoms with E-state index in [1.54, 1.807) is 0 Å². The van der Waals surface area contributed by atoms with E-state index in [1.807, 2.05) is 0 Å². The lowest BCUT2D eigenvalue weighted by molar-refractivity contribution is 0.0831. The number of hydrogen-bond acceptors (Lipinski definition) is 3. The minimum atomic E-state index is -4.19. The third-order valence-electron chi connectivity index (χ3n) is 3.62. The molecule has 8 heteroatoms. The van der Waals surface area contributed by atoms with Gasteiger partial charge in [-0.15, -0.1) is 0 Å². The number of aliphatic hydroxyl groups excluding tert-OH is 1. The van der Waals surface area contributed by atoms with Gasteiger partial charge in [0.15, 0.2) is 17.5 Å². The smallest absolute Gasteiger partial charge is 0.243 e. The van der Waals surface area contributed by atoms with Crippen LogP contribution in [0.15, 0.2) is 17.0 Å². The van der Waals surface area contributed by atoms with E-state index in [9.17, 15) is 26.7 Å². The number of hydrogen-bond donors (Lipinski definition) is 1. The normalized spacial score (nSPS) is 22.2. The van der Waals surface area contributed by atoms with Gasteiger partial charge in [0.1, 0.15) is 0 Å². The molecule has 1 fully saturated rings. The second-order valence-corrected chi connectivity index (χ2v) is 7.01. The Kier molecular flexibility index (Phi) is 4.60. The van der Waals surface area contributed by atoms with Crippen molar-refractivity contribution in [2.75, 3.05) is 6.54 Å². The predicted octanol–water partition coefficient (Wildman–Crippen LogP) is 2.03. The molecule has 0 radical (unpaired) electrons. The Hall–Kier alpha value is -1.12. The Balaban J connectivity index is 2.45. The van der Waals surface area contributed by atoms with Crippen LogP contribution in [0.2, 0.25) is 0 Å². The summed E-state index contributed by atoms with van der Waals surface area (Å²) in [6.07, 6.45) is 0.904. The average molecular weight is 323 g/mol. The Morgan fingerprint density at radius 2 is 1.81 bits per heavy atom. The van der Waals surface area contributed by atoms with Gasteiger partial charge < -0.3 is 5.11 Å². The van der Waals surface area contributed by atoms with Gasteiger partial charge in [0, 0.05) is 6.54 Å². The Bertz CT molecular complexity index is 611. The van der Waals surface area contributed by atoms with Crippen molar-refractivity contribution in [2.24, 2.45) is 0 Å². The van der Waals surface area contributed by atoms with Crippen molar-refractivity contribution in [3.63, 3.8) is 0 Å². The fraction of sp³-hybridized carbons (Fsp3) is 0.538. The third-order valence-corrected chi connectivity index (χ3v) is 5.52. The molecule has 0 amide bonds. The molecule has 118 valence electrons. The van der Waals surface area contributed by atoms with Crippen molar-refractivity contribution in [2.45, 2.75) is 43.2 Å². The molecule has 1 heterocycles. The first-order valence-electron chi connectivity index (χ1n) is 6.59. The van der Waals surface area contributed by atoms with Crippen LogP contribution in [0.1, 0.15) is 26.2 Å². The highest BCUT2D eigenvalue weighted by atomic mass is 32.2. The van der Waals surface area contributed by atoms with Crippen LogP contribution in [0.4, 0.5) is 13.2 Å². The summed E-state index contributed by atoms with van der Waals surface area (Å²) in [5, 5.41) is 9.70. The van der Waals surface area contributed by atoms with Gasteiger partial charge in [-0.1, -0.05) is 6.42 Å². The van der Waals surface area contributed by atoms with E-state index < -0.39 is 44.5 Å². The fourth-order valence-corrected chi connectivity index (χ4v) is 4.31. The highest BCUT2D eigenvalue weighted by Gasteiger charge is 2.36. The predicted molar refractivity (Wildman–Crippen MR) is 69.5 cm³/mol. The van der Waals surface area contributed by atoms with E-state index in [0.29, 0.717) is 25.0 Å². The van der Waals surface area contributed by atoms with E-state index in [-0.39, 0.29) is 6.54 Å². The third kappa shape index (κ3) is 3.07. The minimum Gasteiger partial charge on any atom is -0.392 e. The molecular weight excluding hydrogens is 307 g/mol. The van der Waals surface area contributed by atoms with Crippen LogP contribution in [0, 0.1) is 17.5 Å². The molecule has 0 aliphatic carbocycles. The molecule has 1 aromatic carbocycles. The molecule has 0 bridgehead atoms. The summed E-state index contributed by atoms with van der Waals surface area (Å²) in [5.41, 5.74) is 0. The SMILES string of the molecule is CC(O)C1CCCCN1S(=O)(=O)c1cc(F)c(F)c(F)c1. The van der Waals surface area contributed by atoms with Crippen molar-refractivity contribution in [1.29, 1.82) is 0 Å². The number of piperidine rings is 1. The Morgan fingerprint density at radius 3 is 2.33 bits per heavy atom. The van der Waals surface area contributed by atoms with E-state index in [1.165, 1.54) is 6.92 Å². The zero-order valence-corrected chi connectivity index (χ0v) is 12.2. The molecule has 1 N–H and O–H groups in total. The molecule has 2 unspecified atom stereocenters. The summed E-state index contributed by atoms with van der Waals surface area (Å²) in [7, 11) is -4.19. The summed E-state index contributed by atoms with van der Waals surface area (Å²) in [5.74, 6) is -4.82. The van der Waals surface area contributed by atoms with Crippen LogP contribution in [-0.2, 0) is 10.0 Å². The zero-order chi connectivity index (χ0) is 15.8. The van der Waals surface area contributed by atoms with Gasteiger partial charge in [0.05, 0.1) is 17.0 Å². The van der Waals surface area contributed by atoms with Crippen LogP contribution < -0.4 is 0 Å². The van der Waals surface area contributed by atoms with E-state index in [2.05, 4.69) is 0 Å². The molecule has 0 spiro atoms. The van der Waals surface area contributed by atoms with Crippen molar-refractivity contribution < 1.29 is 26.7 Å². The Labute approximate surface area is 121 Å². The molecule has 2 atom stereocenters. The number of sulfonamides is 1. The molecule has 21 heavy (non-hydrogen) atoms. The molecule has 4 nitrogen and oxygen atoms in total. The number of benzene rings is 1. The van der Waals surface area contributed by atoms with Gasteiger partial charge in [-0.3, -0.25) is 0 Å². The lowest BCUT2D eigenvalue weighted by Crippen LogP contribution is -2.48. The van der Waals surface area contributed by atoms with Crippen molar-refractivity contribution in [3.8, 4) is 0 Å². The van der Waals surface area contributed by atoms with Crippen LogP contribution in [0.5, 0.6) is 0 Å². The van der Waals surface area contributed by atoms with E-state index in [0.717, 1.165) is 10.7 Å². The first-order valence-corrected chi connectivity index (χ1v) is 8.03. The first kappa shape index (κ1) is 16.3. The lowest BCUT2D eigenvalue weighted by atomic mass is 10.0. The summed E-state index contributed by atoms with van der Waals surface area (Å²) in [6, 6.07) is 0.267. The second-order valence-electron chi connectivity index (χ2n) is 5.12. The summed E-state index contributed by atoms with van der Waals surface area (Å²) in [6.45, 7) is 1.61. The summed E-state index contributed by atoms with van der Waals surface area (Å²) in [4.78, 5) is -0.647. The Morgan fingerprint density at radius 1 is 1.24 bits per heavy atom. The van der Waals surface area contributed by atoms with Gasteiger partial charge in [-0.25, -0.2) is 21.6 Å². The molecule has 1 aliphatic rings. The highest BCUT2D eigenvalue weighted by Crippen LogP contribution is 2.28. The van der Waals surface area contributed by atoms with Crippen molar-refractivity contribution >= 4 is 10.0 Å². The topological polar surface area (TPSA) is 57.6 Å². The standard InChI is InChI=1S/C13H16F3NO3S/c1-8(18)12-4-2-3-5-17(12)21(19,20)9-6-10(14)13(16)11(15)7-9/h6-8,12,18H,2-5H2,1H3. The number of halogens is 3.